The quantitative estimate of drug-likeness (QED) is 0.643. The molecular formula is C22H22ClFN4OS. The van der Waals surface area contributed by atoms with Gasteiger partial charge in [-0.3, -0.25) is 4.57 Å². The Morgan fingerprint density at radius 3 is 2.83 bits per heavy atom. The molecule has 0 radical (unpaired) electrons. The van der Waals surface area contributed by atoms with Gasteiger partial charge < -0.3 is 10.2 Å². The lowest BCUT2D eigenvalue weighted by Crippen LogP contribution is -2.50. The molecular weight excluding hydrogens is 423 g/mol. The number of aryl methyl sites for hydroxylation is 1. The Morgan fingerprint density at radius 2 is 2.07 bits per heavy atom. The van der Waals surface area contributed by atoms with Crippen molar-refractivity contribution >= 4 is 40.1 Å². The number of rotatable bonds is 2. The third kappa shape index (κ3) is 3.29. The zero-order chi connectivity index (χ0) is 20.8. The summed E-state index contributed by atoms with van der Waals surface area (Å²) in [4.78, 5) is 20.8. The number of thioether (sulfide) groups is 1. The largest absolute Gasteiger partial charge is 0.351 e. The van der Waals surface area contributed by atoms with E-state index >= 15 is 0 Å². The fourth-order valence-electron chi connectivity index (χ4n) is 4.37. The van der Waals surface area contributed by atoms with Gasteiger partial charge in [0.15, 0.2) is 0 Å². The predicted molar refractivity (Wildman–Crippen MR) is 121 cm³/mol. The van der Waals surface area contributed by atoms with Gasteiger partial charge in [0.1, 0.15) is 11.6 Å². The molecule has 1 fully saturated rings. The summed E-state index contributed by atoms with van der Waals surface area (Å²) in [5, 5.41) is 4.88. The van der Waals surface area contributed by atoms with Gasteiger partial charge in [-0.1, -0.05) is 23.7 Å². The van der Waals surface area contributed by atoms with Crippen molar-refractivity contribution < 1.29 is 4.39 Å². The van der Waals surface area contributed by atoms with Crippen molar-refractivity contribution in [2.75, 3.05) is 30.3 Å². The molecule has 8 heteroatoms. The first-order valence-electron chi connectivity index (χ1n) is 10.2. The summed E-state index contributed by atoms with van der Waals surface area (Å²) < 4.78 is 15.3. The molecule has 2 aliphatic heterocycles. The maximum absolute atomic E-state index is 13.5. The second-order valence-corrected chi connectivity index (χ2v) is 9.30. The molecule has 1 atom stereocenters. The average molecular weight is 445 g/mol. The first-order chi connectivity index (χ1) is 14.5. The molecule has 156 valence electrons. The van der Waals surface area contributed by atoms with Gasteiger partial charge in [-0.2, -0.15) is 4.98 Å². The lowest BCUT2D eigenvalue weighted by Gasteiger charge is -2.35. The molecule has 1 saturated heterocycles. The van der Waals surface area contributed by atoms with E-state index in [0.29, 0.717) is 17.4 Å². The van der Waals surface area contributed by atoms with Crippen molar-refractivity contribution in [2.24, 2.45) is 0 Å². The van der Waals surface area contributed by atoms with Crippen LogP contribution in [-0.2, 0) is 6.54 Å². The van der Waals surface area contributed by atoms with Crippen LogP contribution in [0.25, 0.3) is 22.0 Å². The minimum Gasteiger partial charge on any atom is -0.351 e. The molecule has 0 saturated carbocycles. The van der Waals surface area contributed by atoms with Crippen LogP contribution >= 0.6 is 23.4 Å². The highest BCUT2D eigenvalue weighted by atomic mass is 35.5. The molecule has 0 aliphatic carbocycles. The molecule has 2 aliphatic rings. The summed E-state index contributed by atoms with van der Waals surface area (Å²) >= 11 is 8.54. The summed E-state index contributed by atoms with van der Waals surface area (Å²) in [6.45, 7) is 5.24. The molecule has 5 rings (SSSR count). The van der Waals surface area contributed by atoms with Gasteiger partial charge >= 0.3 is 5.69 Å². The number of anilines is 1. The molecule has 0 amide bonds. The Kier molecular flexibility index (Phi) is 5.21. The molecule has 30 heavy (non-hydrogen) atoms. The van der Waals surface area contributed by atoms with Crippen molar-refractivity contribution in [1.29, 1.82) is 0 Å². The summed E-state index contributed by atoms with van der Waals surface area (Å²) in [5.41, 5.74) is 2.37. The maximum Gasteiger partial charge on any atom is 0.350 e. The molecule has 5 nitrogen and oxygen atoms in total. The van der Waals surface area contributed by atoms with E-state index in [2.05, 4.69) is 22.1 Å². The molecule has 3 aromatic rings. The van der Waals surface area contributed by atoms with E-state index < -0.39 is 0 Å². The van der Waals surface area contributed by atoms with Crippen LogP contribution in [0.5, 0.6) is 0 Å². The summed E-state index contributed by atoms with van der Waals surface area (Å²) in [7, 11) is 0. The van der Waals surface area contributed by atoms with E-state index in [1.807, 2.05) is 6.07 Å². The van der Waals surface area contributed by atoms with Gasteiger partial charge in [0, 0.05) is 48.1 Å². The van der Waals surface area contributed by atoms with E-state index in [9.17, 15) is 9.18 Å². The lowest BCUT2D eigenvalue weighted by molar-refractivity contribution is 0.496. The highest BCUT2D eigenvalue weighted by molar-refractivity contribution is 7.99. The number of hydrogen-bond acceptors (Lipinski definition) is 5. The number of aromatic nitrogens is 2. The summed E-state index contributed by atoms with van der Waals surface area (Å²) in [6, 6.07) is 8.52. The number of nitrogens with one attached hydrogen (secondary N) is 1. The molecule has 1 aromatic heterocycles. The van der Waals surface area contributed by atoms with Gasteiger partial charge in [-0.15, -0.1) is 11.8 Å². The van der Waals surface area contributed by atoms with Crippen LogP contribution in [-0.4, -0.2) is 41.0 Å². The third-order valence-corrected chi connectivity index (χ3v) is 7.31. The normalized spacial score (nSPS) is 19.2. The first kappa shape index (κ1) is 19.8. The van der Waals surface area contributed by atoms with Crippen LogP contribution in [0.4, 0.5) is 10.2 Å². The van der Waals surface area contributed by atoms with Gasteiger partial charge in [0.25, 0.3) is 0 Å². The summed E-state index contributed by atoms with van der Waals surface area (Å²) in [5.74, 6) is 1.30. The number of hydrogen-bond donors (Lipinski definition) is 1. The topological polar surface area (TPSA) is 50.2 Å². The van der Waals surface area contributed by atoms with Crippen LogP contribution in [0.2, 0.25) is 5.02 Å². The number of nitrogens with zero attached hydrogens (tertiary/aromatic N) is 3. The highest BCUT2D eigenvalue weighted by Crippen LogP contribution is 2.45. The minimum atomic E-state index is -0.287. The van der Waals surface area contributed by atoms with Crippen LogP contribution in [0.3, 0.4) is 0 Å². The van der Waals surface area contributed by atoms with E-state index in [1.54, 1.807) is 28.5 Å². The van der Waals surface area contributed by atoms with E-state index in [0.717, 1.165) is 58.7 Å². The summed E-state index contributed by atoms with van der Waals surface area (Å²) in [6.07, 6.45) is 0.875. The Bertz CT molecular complexity index is 1180. The molecule has 2 aromatic carbocycles. The van der Waals surface area contributed by atoms with Gasteiger partial charge in [0.2, 0.25) is 0 Å². The number of halogens is 2. The number of piperazine rings is 1. The third-order valence-electron chi connectivity index (χ3n) is 5.83. The van der Waals surface area contributed by atoms with Gasteiger partial charge in [0.05, 0.1) is 10.5 Å². The van der Waals surface area contributed by atoms with Crippen LogP contribution < -0.4 is 15.9 Å². The Labute approximate surface area is 183 Å². The Morgan fingerprint density at radius 1 is 1.27 bits per heavy atom. The van der Waals surface area contributed by atoms with E-state index in [1.165, 1.54) is 12.1 Å². The van der Waals surface area contributed by atoms with Gasteiger partial charge in [-0.25, -0.2) is 9.18 Å². The van der Waals surface area contributed by atoms with Crippen molar-refractivity contribution in [2.45, 2.75) is 30.8 Å². The van der Waals surface area contributed by atoms with Crippen molar-refractivity contribution in [1.82, 2.24) is 14.9 Å². The molecule has 3 heterocycles. The Balaban J connectivity index is 1.84. The van der Waals surface area contributed by atoms with Crippen LogP contribution in [0, 0.1) is 5.82 Å². The zero-order valence-corrected chi connectivity index (χ0v) is 18.2. The average Bonchev–Trinajstić information content (AvgIpc) is 2.96. The maximum atomic E-state index is 13.5. The van der Waals surface area contributed by atoms with Gasteiger partial charge in [-0.05, 0) is 42.9 Å². The Hall–Kier alpha value is -2.09. The standard InChI is InChI=1S/C22H22ClFN4OS/c1-13-12-25-7-9-27(13)21-16-11-17(23)18(14-3-5-15(24)6-4-14)20-19(16)28(22(29)26-21)8-2-10-30-20/h3-6,11,13,25H,2,7-10,12H2,1H3. The SMILES string of the molecule is CC1CNCCN1c1nc(=O)n2c3c(c(-c4ccc(F)cc4)c(Cl)cc13)SCCC2. The van der Waals surface area contributed by atoms with Crippen molar-refractivity contribution in [3.05, 3.63) is 51.7 Å². The fourth-order valence-corrected chi connectivity index (χ4v) is 5.94. The predicted octanol–water partition coefficient (Wildman–Crippen LogP) is 4.15. The minimum absolute atomic E-state index is 0.223. The smallest absolute Gasteiger partial charge is 0.350 e. The lowest BCUT2D eigenvalue weighted by atomic mass is 10.0. The molecule has 1 unspecified atom stereocenters. The highest BCUT2D eigenvalue weighted by Gasteiger charge is 2.27. The fraction of sp³-hybridized carbons (Fsp3) is 0.364. The monoisotopic (exact) mass is 444 g/mol. The number of benzene rings is 2. The van der Waals surface area contributed by atoms with Crippen LogP contribution in [0.1, 0.15) is 13.3 Å². The molecule has 0 spiro atoms. The second-order valence-electron chi connectivity index (χ2n) is 7.78. The zero-order valence-electron chi connectivity index (χ0n) is 16.6. The molecule has 1 N–H and O–H groups in total. The molecule has 0 bridgehead atoms. The van der Waals surface area contributed by atoms with E-state index in [4.69, 9.17) is 11.6 Å². The van der Waals surface area contributed by atoms with Crippen LogP contribution in [0.15, 0.2) is 40.0 Å². The first-order valence-corrected chi connectivity index (χ1v) is 11.5. The second kappa shape index (κ2) is 7.87. The van der Waals surface area contributed by atoms with Crippen molar-refractivity contribution in [3.63, 3.8) is 0 Å². The van der Waals surface area contributed by atoms with Crippen molar-refractivity contribution in [3.8, 4) is 11.1 Å². The van der Waals surface area contributed by atoms with E-state index in [-0.39, 0.29) is 17.5 Å².